The summed E-state index contributed by atoms with van der Waals surface area (Å²) in [6.45, 7) is 3.85. The van der Waals surface area contributed by atoms with Crippen LogP contribution in [0.1, 0.15) is 20.8 Å². The second kappa shape index (κ2) is 4.27. The van der Waals surface area contributed by atoms with Gasteiger partial charge in [0.05, 0.1) is 0 Å². The predicted molar refractivity (Wildman–Crippen MR) is 34.6 cm³/mol. The molecule has 0 rings (SSSR count). The number of carboxylic acid groups (broad SMARTS) is 1. The number of carbonyl (C=O) groups is 1. The van der Waals surface area contributed by atoms with Gasteiger partial charge < -0.3 is 5.11 Å². The maximum absolute atomic E-state index is 11.7. The standard InChI is InChI=1S/C4H4F4O2.C2H6/c1-3(5,6)4(7,8)2(9)10;1-2/h1H3,(H,9,10);1-2H3. The number of carboxylic acids is 1. The number of hydrogen-bond acceptors (Lipinski definition) is 1. The Hall–Kier alpha value is -0.810. The fourth-order valence-corrected chi connectivity index (χ4v) is 0.188. The van der Waals surface area contributed by atoms with Crippen LogP contribution in [0.5, 0.6) is 0 Å². The molecule has 0 amide bonds. The van der Waals surface area contributed by atoms with Gasteiger partial charge in [-0.05, 0) is 0 Å². The third-order valence-electron chi connectivity index (χ3n) is 0.820. The molecule has 0 saturated carbocycles. The van der Waals surface area contributed by atoms with Gasteiger partial charge in [0.2, 0.25) is 0 Å². The highest BCUT2D eigenvalue weighted by Crippen LogP contribution is 2.33. The molecule has 0 aliphatic rings. The summed E-state index contributed by atoms with van der Waals surface area (Å²) in [7, 11) is 0. The normalized spacial score (nSPS) is 11.6. The Balaban J connectivity index is 0. The van der Waals surface area contributed by atoms with Crippen LogP contribution in [0.15, 0.2) is 0 Å². The number of rotatable bonds is 2. The first-order chi connectivity index (χ1) is 5.19. The Morgan fingerprint density at radius 3 is 1.42 bits per heavy atom. The van der Waals surface area contributed by atoms with Crippen LogP contribution in [0, 0.1) is 0 Å². The van der Waals surface area contributed by atoms with Crippen LogP contribution in [0.3, 0.4) is 0 Å². The summed E-state index contributed by atoms with van der Waals surface area (Å²) in [5, 5.41) is 7.55. The molecular weight excluding hydrogens is 180 g/mol. The summed E-state index contributed by atoms with van der Waals surface area (Å²) in [4.78, 5) is 9.44. The minimum absolute atomic E-state index is 0.152. The quantitative estimate of drug-likeness (QED) is 0.679. The second-order valence-electron chi connectivity index (χ2n) is 1.77. The monoisotopic (exact) mass is 190 g/mol. The molecule has 6 heteroatoms. The van der Waals surface area contributed by atoms with E-state index in [1.165, 1.54) is 0 Å². The summed E-state index contributed by atoms with van der Waals surface area (Å²) >= 11 is 0. The van der Waals surface area contributed by atoms with Gasteiger partial charge in [0.15, 0.2) is 0 Å². The average molecular weight is 190 g/mol. The molecule has 0 aliphatic carbocycles. The Kier molecular flexibility index (Phi) is 4.90. The number of hydrogen-bond donors (Lipinski definition) is 1. The molecule has 74 valence electrons. The summed E-state index contributed by atoms with van der Waals surface area (Å²) in [6.07, 6.45) is 0. The largest absolute Gasteiger partial charge is 0.477 e. The van der Waals surface area contributed by atoms with Gasteiger partial charge >= 0.3 is 17.8 Å². The van der Waals surface area contributed by atoms with Crippen LogP contribution >= 0.6 is 0 Å². The van der Waals surface area contributed by atoms with E-state index in [-0.39, 0.29) is 6.92 Å². The fraction of sp³-hybridized carbons (Fsp3) is 0.833. The van der Waals surface area contributed by atoms with E-state index in [0.29, 0.717) is 0 Å². The lowest BCUT2D eigenvalue weighted by atomic mass is 10.2. The van der Waals surface area contributed by atoms with Crippen molar-refractivity contribution < 1.29 is 27.5 Å². The van der Waals surface area contributed by atoms with Crippen LogP contribution in [0.25, 0.3) is 0 Å². The minimum Gasteiger partial charge on any atom is -0.477 e. The van der Waals surface area contributed by atoms with E-state index >= 15 is 0 Å². The van der Waals surface area contributed by atoms with Gasteiger partial charge in [-0.15, -0.1) is 0 Å². The van der Waals surface area contributed by atoms with Crippen molar-refractivity contribution in [2.75, 3.05) is 0 Å². The minimum atomic E-state index is -4.98. The Morgan fingerprint density at radius 1 is 1.17 bits per heavy atom. The first kappa shape index (κ1) is 13.8. The van der Waals surface area contributed by atoms with E-state index in [0.717, 1.165) is 0 Å². The molecule has 1 N–H and O–H groups in total. The molecule has 0 spiro atoms. The van der Waals surface area contributed by atoms with Crippen molar-refractivity contribution in [3.8, 4) is 0 Å². The van der Waals surface area contributed by atoms with E-state index in [4.69, 9.17) is 5.11 Å². The second-order valence-corrected chi connectivity index (χ2v) is 1.77. The van der Waals surface area contributed by atoms with Crippen LogP contribution in [-0.2, 0) is 4.79 Å². The van der Waals surface area contributed by atoms with Crippen molar-refractivity contribution >= 4 is 5.97 Å². The number of aliphatic carboxylic acids is 1. The molecule has 0 fully saturated rings. The smallest absolute Gasteiger partial charge is 0.403 e. The molecule has 0 bridgehead atoms. The van der Waals surface area contributed by atoms with E-state index in [9.17, 15) is 22.4 Å². The highest BCUT2D eigenvalue weighted by molar-refractivity contribution is 5.76. The lowest BCUT2D eigenvalue weighted by Gasteiger charge is -2.17. The molecule has 0 atom stereocenters. The Bertz CT molecular complexity index is 150. The van der Waals surface area contributed by atoms with E-state index in [1.54, 1.807) is 0 Å². The summed E-state index contributed by atoms with van der Waals surface area (Å²) in [5.41, 5.74) is 0. The number of halogens is 4. The molecule has 0 saturated heterocycles. The van der Waals surface area contributed by atoms with Crippen molar-refractivity contribution in [2.24, 2.45) is 0 Å². The first-order valence-electron chi connectivity index (χ1n) is 3.18. The molecule has 0 aromatic heterocycles. The third-order valence-corrected chi connectivity index (χ3v) is 0.820. The molecule has 0 aromatic carbocycles. The lowest BCUT2D eigenvalue weighted by Crippen LogP contribution is -2.44. The molecule has 0 heterocycles. The first-order valence-corrected chi connectivity index (χ1v) is 3.18. The van der Waals surface area contributed by atoms with Gasteiger partial charge in [-0.1, -0.05) is 13.8 Å². The molecular formula is C6H10F4O2. The Morgan fingerprint density at radius 2 is 1.42 bits per heavy atom. The van der Waals surface area contributed by atoms with Crippen molar-refractivity contribution in [3.63, 3.8) is 0 Å². The zero-order chi connectivity index (χ0) is 10.6. The Labute approximate surface area is 67.2 Å². The molecule has 0 radical (unpaired) electrons. The highest BCUT2D eigenvalue weighted by Gasteiger charge is 2.59. The van der Waals surface area contributed by atoms with Crippen LogP contribution in [0.4, 0.5) is 17.6 Å². The lowest BCUT2D eigenvalue weighted by molar-refractivity contribution is -0.217. The van der Waals surface area contributed by atoms with Gasteiger partial charge in [0, 0.05) is 6.92 Å². The zero-order valence-corrected chi connectivity index (χ0v) is 6.87. The van der Waals surface area contributed by atoms with Gasteiger partial charge in [0.1, 0.15) is 0 Å². The highest BCUT2D eigenvalue weighted by atomic mass is 19.3. The van der Waals surface area contributed by atoms with Crippen molar-refractivity contribution in [2.45, 2.75) is 32.6 Å². The predicted octanol–water partition coefficient (Wildman–Crippen LogP) is 2.39. The summed E-state index contributed by atoms with van der Waals surface area (Å²) in [5.74, 6) is -12.3. The zero-order valence-electron chi connectivity index (χ0n) is 6.87. The molecule has 12 heavy (non-hydrogen) atoms. The maximum atomic E-state index is 11.7. The summed E-state index contributed by atoms with van der Waals surface area (Å²) < 4.78 is 46.6. The van der Waals surface area contributed by atoms with Crippen molar-refractivity contribution in [1.29, 1.82) is 0 Å². The molecule has 0 unspecified atom stereocenters. The molecule has 2 nitrogen and oxygen atoms in total. The van der Waals surface area contributed by atoms with Crippen LogP contribution < -0.4 is 0 Å². The third kappa shape index (κ3) is 3.06. The average Bonchev–Trinajstić information content (AvgIpc) is 1.89. The van der Waals surface area contributed by atoms with Crippen molar-refractivity contribution in [3.05, 3.63) is 0 Å². The SMILES string of the molecule is CC.CC(F)(F)C(F)(F)C(=O)O. The van der Waals surface area contributed by atoms with Crippen LogP contribution in [-0.4, -0.2) is 22.9 Å². The number of alkyl halides is 4. The summed E-state index contributed by atoms with van der Waals surface area (Å²) in [6, 6.07) is 0. The van der Waals surface area contributed by atoms with E-state index in [2.05, 4.69) is 0 Å². The van der Waals surface area contributed by atoms with Gasteiger partial charge in [-0.2, -0.15) is 17.6 Å². The fourth-order valence-electron chi connectivity index (χ4n) is 0.188. The maximum Gasteiger partial charge on any atom is 0.403 e. The van der Waals surface area contributed by atoms with Gasteiger partial charge in [-0.3, -0.25) is 0 Å². The van der Waals surface area contributed by atoms with Gasteiger partial charge in [-0.25, -0.2) is 4.79 Å². The van der Waals surface area contributed by atoms with E-state index in [1.807, 2.05) is 13.8 Å². The van der Waals surface area contributed by atoms with Crippen LogP contribution in [0.2, 0.25) is 0 Å². The topological polar surface area (TPSA) is 37.3 Å². The van der Waals surface area contributed by atoms with Crippen molar-refractivity contribution in [1.82, 2.24) is 0 Å². The molecule has 0 aromatic rings. The molecule has 0 aliphatic heterocycles. The van der Waals surface area contributed by atoms with Gasteiger partial charge in [0.25, 0.3) is 0 Å². The van der Waals surface area contributed by atoms with E-state index < -0.39 is 17.8 Å².